The summed E-state index contributed by atoms with van der Waals surface area (Å²) < 4.78 is 10.8. The summed E-state index contributed by atoms with van der Waals surface area (Å²) in [7, 11) is 0. The Morgan fingerprint density at radius 3 is 2.48 bits per heavy atom. The normalized spacial score (nSPS) is 17.9. The van der Waals surface area contributed by atoms with Crippen molar-refractivity contribution in [3.05, 3.63) is 53.2 Å². The van der Waals surface area contributed by atoms with Crippen LogP contribution in [-0.2, 0) is 16.0 Å². The Kier molecular flexibility index (Phi) is 6.39. The molecule has 7 heteroatoms. The number of morpholine rings is 2. The average molecular weight is 396 g/mol. The van der Waals surface area contributed by atoms with Crippen LogP contribution in [0.4, 0.5) is 11.5 Å². The first-order valence-electron chi connectivity index (χ1n) is 10.2. The van der Waals surface area contributed by atoms with Gasteiger partial charge < -0.3 is 19.7 Å². The summed E-state index contributed by atoms with van der Waals surface area (Å²) >= 11 is 0. The number of nitrogens with one attached hydrogen (secondary N) is 1. The monoisotopic (exact) mass is 396 g/mol. The van der Waals surface area contributed by atoms with Crippen molar-refractivity contribution in [1.29, 1.82) is 0 Å². The van der Waals surface area contributed by atoms with Gasteiger partial charge in [0.1, 0.15) is 5.82 Å². The van der Waals surface area contributed by atoms with Crippen molar-refractivity contribution in [3.8, 4) is 0 Å². The molecule has 1 N–H and O–H groups in total. The Morgan fingerprint density at radius 1 is 1.03 bits per heavy atom. The van der Waals surface area contributed by atoms with Crippen LogP contribution in [0.2, 0.25) is 0 Å². The third kappa shape index (κ3) is 5.12. The van der Waals surface area contributed by atoms with Gasteiger partial charge >= 0.3 is 0 Å². The first-order valence-corrected chi connectivity index (χ1v) is 10.2. The summed E-state index contributed by atoms with van der Waals surface area (Å²) in [5.74, 6) is 0.814. The number of carbonyl (C=O) groups excluding carboxylic acids is 1. The van der Waals surface area contributed by atoms with Crippen LogP contribution in [0, 0.1) is 6.92 Å². The summed E-state index contributed by atoms with van der Waals surface area (Å²) in [6, 6.07) is 11.7. The maximum Gasteiger partial charge on any atom is 0.255 e. The Hall–Kier alpha value is -2.48. The van der Waals surface area contributed by atoms with Crippen molar-refractivity contribution < 1.29 is 14.3 Å². The minimum absolute atomic E-state index is 0.113. The molecule has 1 aromatic carbocycles. The largest absolute Gasteiger partial charge is 0.379 e. The molecule has 4 rings (SSSR count). The zero-order chi connectivity index (χ0) is 20.1. The molecule has 2 aliphatic heterocycles. The van der Waals surface area contributed by atoms with Gasteiger partial charge in [-0.05, 0) is 36.8 Å². The van der Waals surface area contributed by atoms with Crippen LogP contribution in [0.15, 0.2) is 36.4 Å². The van der Waals surface area contributed by atoms with Crippen molar-refractivity contribution in [2.24, 2.45) is 0 Å². The molecule has 0 bridgehead atoms. The van der Waals surface area contributed by atoms with Crippen LogP contribution >= 0.6 is 0 Å². The minimum Gasteiger partial charge on any atom is -0.379 e. The fraction of sp³-hybridized carbons (Fsp3) is 0.455. The molecule has 0 radical (unpaired) electrons. The molecule has 0 aliphatic carbocycles. The quantitative estimate of drug-likeness (QED) is 0.837. The summed E-state index contributed by atoms with van der Waals surface area (Å²) in [4.78, 5) is 22.0. The lowest BCUT2D eigenvalue weighted by molar-refractivity contribution is 0.0342. The van der Waals surface area contributed by atoms with Gasteiger partial charge in [0.15, 0.2) is 0 Å². The zero-order valence-corrected chi connectivity index (χ0v) is 16.9. The number of aryl methyl sites for hydroxylation is 1. The fourth-order valence-corrected chi connectivity index (χ4v) is 3.67. The van der Waals surface area contributed by atoms with E-state index in [1.54, 1.807) is 0 Å². The summed E-state index contributed by atoms with van der Waals surface area (Å²) in [6.45, 7) is 9.28. The molecule has 29 heavy (non-hydrogen) atoms. The first-order chi connectivity index (χ1) is 14.2. The van der Waals surface area contributed by atoms with Crippen LogP contribution in [0.5, 0.6) is 0 Å². The van der Waals surface area contributed by atoms with E-state index in [1.165, 1.54) is 0 Å². The van der Waals surface area contributed by atoms with Crippen molar-refractivity contribution in [3.63, 3.8) is 0 Å². The highest BCUT2D eigenvalue weighted by Gasteiger charge is 2.15. The molecular formula is C22H28N4O3. The van der Waals surface area contributed by atoms with Gasteiger partial charge in [-0.25, -0.2) is 4.98 Å². The van der Waals surface area contributed by atoms with Crippen molar-refractivity contribution in [2.75, 3.05) is 62.8 Å². The number of aromatic nitrogens is 1. The standard InChI is InChI=1S/C22H28N4O3/c1-17-20(5-6-21(23-17)26-9-13-29-14-10-26)24-22(27)19-4-2-3-18(15-19)16-25-7-11-28-12-8-25/h2-6,15H,7-14,16H2,1H3,(H,24,27). The molecule has 2 aliphatic rings. The van der Waals surface area contributed by atoms with Gasteiger partial charge in [0.25, 0.3) is 5.91 Å². The predicted octanol–water partition coefficient (Wildman–Crippen LogP) is 2.31. The lowest BCUT2D eigenvalue weighted by atomic mass is 10.1. The molecule has 2 fully saturated rings. The first kappa shape index (κ1) is 19.8. The lowest BCUT2D eigenvalue weighted by Gasteiger charge is -2.28. The van der Waals surface area contributed by atoms with E-state index in [0.717, 1.165) is 81.9 Å². The Balaban J connectivity index is 1.41. The van der Waals surface area contributed by atoms with Crippen LogP contribution in [-0.4, -0.2) is 68.4 Å². The maximum atomic E-state index is 12.8. The predicted molar refractivity (Wildman–Crippen MR) is 112 cm³/mol. The van der Waals surface area contributed by atoms with Gasteiger partial charge in [0.05, 0.1) is 37.8 Å². The summed E-state index contributed by atoms with van der Waals surface area (Å²) in [6.07, 6.45) is 0. The van der Waals surface area contributed by atoms with Crippen molar-refractivity contribution in [2.45, 2.75) is 13.5 Å². The molecule has 2 saturated heterocycles. The van der Waals surface area contributed by atoms with E-state index in [4.69, 9.17) is 9.47 Å². The minimum atomic E-state index is -0.113. The van der Waals surface area contributed by atoms with E-state index in [-0.39, 0.29) is 5.91 Å². The van der Waals surface area contributed by atoms with Crippen LogP contribution in [0.3, 0.4) is 0 Å². The number of carbonyl (C=O) groups is 1. The number of pyridine rings is 1. The Bertz CT molecular complexity index is 846. The van der Waals surface area contributed by atoms with E-state index < -0.39 is 0 Å². The van der Waals surface area contributed by atoms with E-state index in [9.17, 15) is 4.79 Å². The summed E-state index contributed by atoms with van der Waals surface area (Å²) in [5.41, 5.74) is 3.35. The van der Waals surface area contributed by atoms with Gasteiger partial charge in [-0.15, -0.1) is 0 Å². The van der Waals surface area contributed by atoms with Crippen LogP contribution in [0.1, 0.15) is 21.6 Å². The third-order valence-corrected chi connectivity index (χ3v) is 5.35. The molecule has 0 atom stereocenters. The maximum absolute atomic E-state index is 12.8. The number of benzene rings is 1. The molecule has 1 aromatic heterocycles. The van der Waals surface area contributed by atoms with Gasteiger partial charge in [-0.1, -0.05) is 12.1 Å². The third-order valence-electron chi connectivity index (χ3n) is 5.35. The molecular weight excluding hydrogens is 368 g/mol. The zero-order valence-electron chi connectivity index (χ0n) is 16.9. The highest BCUT2D eigenvalue weighted by molar-refractivity contribution is 6.04. The van der Waals surface area contributed by atoms with Crippen LogP contribution < -0.4 is 10.2 Å². The number of ether oxygens (including phenoxy) is 2. The average Bonchev–Trinajstić information content (AvgIpc) is 2.76. The Morgan fingerprint density at radius 2 is 1.76 bits per heavy atom. The summed E-state index contributed by atoms with van der Waals surface area (Å²) in [5, 5.41) is 3.01. The SMILES string of the molecule is Cc1nc(N2CCOCC2)ccc1NC(=O)c1cccc(CN2CCOCC2)c1. The fourth-order valence-electron chi connectivity index (χ4n) is 3.67. The number of anilines is 2. The van der Waals surface area contributed by atoms with Gasteiger partial charge in [-0.2, -0.15) is 0 Å². The van der Waals surface area contributed by atoms with Gasteiger partial charge in [0, 0.05) is 38.3 Å². The second-order valence-electron chi connectivity index (χ2n) is 7.44. The second kappa shape index (κ2) is 9.35. The number of nitrogens with zero attached hydrogens (tertiary/aromatic N) is 3. The number of rotatable bonds is 5. The van der Waals surface area contributed by atoms with Crippen molar-refractivity contribution in [1.82, 2.24) is 9.88 Å². The van der Waals surface area contributed by atoms with E-state index in [2.05, 4.69) is 26.2 Å². The smallest absolute Gasteiger partial charge is 0.255 e. The van der Waals surface area contributed by atoms with E-state index in [1.807, 2.05) is 37.3 Å². The molecule has 1 amide bonds. The number of amides is 1. The Labute approximate surface area is 171 Å². The van der Waals surface area contributed by atoms with Gasteiger partial charge in [-0.3, -0.25) is 9.69 Å². The lowest BCUT2D eigenvalue weighted by Crippen LogP contribution is -2.36. The van der Waals surface area contributed by atoms with Gasteiger partial charge in [0.2, 0.25) is 0 Å². The van der Waals surface area contributed by atoms with E-state index in [0.29, 0.717) is 5.56 Å². The molecule has 0 spiro atoms. The van der Waals surface area contributed by atoms with E-state index >= 15 is 0 Å². The molecule has 0 unspecified atom stereocenters. The number of hydrogen-bond acceptors (Lipinski definition) is 6. The van der Waals surface area contributed by atoms with Crippen molar-refractivity contribution >= 4 is 17.4 Å². The second-order valence-corrected chi connectivity index (χ2v) is 7.44. The number of hydrogen-bond donors (Lipinski definition) is 1. The topological polar surface area (TPSA) is 66.9 Å². The highest BCUT2D eigenvalue weighted by Crippen LogP contribution is 2.20. The molecule has 3 heterocycles. The van der Waals surface area contributed by atoms with Crippen LogP contribution in [0.25, 0.3) is 0 Å². The molecule has 0 saturated carbocycles. The molecule has 7 nitrogen and oxygen atoms in total. The molecule has 154 valence electrons. The highest BCUT2D eigenvalue weighted by atomic mass is 16.5. The molecule has 2 aromatic rings.